The highest BCUT2D eigenvalue weighted by Crippen LogP contribution is 2.35. The number of carbonyl (C=O) groups excluding carboxylic acids is 1. The standard InChI is InChI=1S/C14H28O3/c1-7-10-11-14(8-2,9-3)12(17-15)16-13(4,5)6/h7-11H2,1-6H3. The Labute approximate surface area is 106 Å². The Kier molecular flexibility index (Phi) is 6.58. The Hall–Kier alpha value is -0.730. The molecule has 0 bridgehead atoms. The van der Waals surface area contributed by atoms with Gasteiger partial charge >= 0.3 is 5.97 Å². The Morgan fingerprint density at radius 1 is 1.12 bits per heavy atom. The van der Waals surface area contributed by atoms with Gasteiger partial charge in [0.15, 0.2) is 5.60 Å². The number of hydrogen-bond acceptors (Lipinski definition) is 2. The fraction of sp³-hybridized carbons (Fsp3) is 0.929. The van der Waals surface area contributed by atoms with Crippen LogP contribution in [-0.4, -0.2) is 11.6 Å². The molecule has 0 aliphatic rings. The van der Waals surface area contributed by atoms with Crippen LogP contribution in [0.5, 0.6) is 0 Å². The molecule has 0 amide bonds. The molecule has 0 N–H and O–H groups in total. The van der Waals surface area contributed by atoms with Crippen LogP contribution in [0, 0.1) is 5.41 Å². The lowest BCUT2D eigenvalue weighted by molar-refractivity contribution is -1.05. The summed E-state index contributed by atoms with van der Waals surface area (Å²) in [5.41, 5.74) is -0.618. The van der Waals surface area contributed by atoms with Gasteiger partial charge in [-0.25, -0.2) is 0 Å². The molecule has 0 heterocycles. The smallest absolute Gasteiger partial charge is 0.504 e. The molecule has 0 aromatic carbocycles. The first-order valence-corrected chi connectivity index (χ1v) is 6.71. The first-order valence-electron chi connectivity index (χ1n) is 6.71. The molecule has 3 heteroatoms. The van der Waals surface area contributed by atoms with Gasteiger partial charge in [0.1, 0.15) is 5.41 Å². The summed E-state index contributed by atoms with van der Waals surface area (Å²) < 4.78 is 10.0. The Bertz CT molecular complexity index is 234. The quantitative estimate of drug-likeness (QED) is 0.312. The topological polar surface area (TPSA) is 43.6 Å². The van der Waals surface area contributed by atoms with E-state index in [1.165, 1.54) is 0 Å². The molecule has 0 atom stereocenters. The lowest BCUT2D eigenvalue weighted by Gasteiger charge is -2.27. The van der Waals surface area contributed by atoms with Crippen LogP contribution in [0.3, 0.4) is 0 Å². The minimum atomic E-state index is -0.387. The van der Waals surface area contributed by atoms with Crippen LogP contribution in [-0.2, 0) is 9.31 Å². The molecule has 102 valence electrons. The van der Waals surface area contributed by atoms with E-state index in [-0.39, 0.29) is 17.0 Å². The summed E-state index contributed by atoms with van der Waals surface area (Å²) in [5.74, 6) is 0.267. The van der Waals surface area contributed by atoms with Gasteiger partial charge in [-0.15, -0.1) is 0 Å². The van der Waals surface area contributed by atoms with E-state index in [0.29, 0.717) is 0 Å². The maximum Gasteiger partial charge on any atom is 0.504 e. The summed E-state index contributed by atoms with van der Waals surface area (Å²) in [7, 11) is 0. The number of esters is 1. The molecule has 0 spiro atoms. The second kappa shape index (κ2) is 6.87. The van der Waals surface area contributed by atoms with E-state index in [2.05, 4.69) is 25.3 Å². The first kappa shape index (κ1) is 16.3. The van der Waals surface area contributed by atoms with Crippen LogP contribution < -0.4 is 5.26 Å². The summed E-state index contributed by atoms with van der Waals surface area (Å²) in [6.45, 7) is 12.1. The Morgan fingerprint density at radius 2 is 1.65 bits per heavy atom. The summed E-state index contributed by atoms with van der Waals surface area (Å²) in [6.07, 6.45) is 4.89. The van der Waals surface area contributed by atoms with Crippen molar-refractivity contribution in [2.75, 3.05) is 0 Å². The lowest BCUT2D eigenvalue weighted by atomic mass is 9.78. The molecule has 0 aromatic rings. The number of hydrogen-bond donors (Lipinski definition) is 0. The predicted molar refractivity (Wildman–Crippen MR) is 68.4 cm³/mol. The van der Waals surface area contributed by atoms with Crippen molar-refractivity contribution < 1.29 is 14.6 Å². The maximum atomic E-state index is 11.0. The minimum absolute atomic E-state index is 0.231. The van der Waals surface area contributed by atoms with E-state index >= 15 is 0 Å². The molecule has 0 saturated heterocycles. The molecular formula is C14H28O3. The van der Waals surface area contributed by atoms with Gasteiger partial charge in [-0.05, 0) is 19.3 Å². The van der Waals surface area contributed by atoms with E-state index in [1.54, 1.807) is 0 Å². The summed E-state index contributed by atoms with van der Waals surface area (Å²) >= 11 is 0. The second-order valence-electron chi connectivity index (χ2n) is 5.68. The van der Waals surface area contributed by atoms with Crippen LogP contribution >= 0.6 is 0 Å². The molecular weight excluding hydrogens is 216 g/mol. The third-order valence-electron chi connectivity index (χ3n) is 3.27. The summed E-state index contributed by atoms with van der Waals surface area (Å²) in [4.78, 5) is 0. The van der Waals surface area contributed by atoms with Crippen molar-refractivity contribution in [3.63, 3.8) is 0 Å². The summed E-state index contributed by atoms with van der Waals surface area (Å²) in [6, 6.07) is 0. The molecule has 0 radical (unpaired) electrons. The third-order valence-corrected chi connectivity index (χ3v) is 3.27. The van der Waals surface area contributed by atoms with Gasteiger partial charge in [-0.1, -0.05) is 33.6 Å². The Morgan fingerprint density at radius 3 is 1.94 bits per heavy atom. The van der Waals surface area contributed by atoms with Crippen molar-refractivity contribution in [1.82, 2.24) is 0 Å². The zero-order valence-electron chi connectivity index (χ0n) is 12.3. The first-order chi connectivity index (χ1) is 7.85. The van der Waals surface area contributed by atoms with Crippen molar-refractivity contribution in [3.8, 4) is 0 Å². The lowest BCUT2D eigenvalue weighted by Crippen LogP contribution is -2.40. The van der Waals surface area contributed by atoms with Gasteiger partial charge in [0.25, 0.3) is 0 Å². The van der Waals surface area contributed by atoms with Crippen LogP contribution in [0.2, 0.25) is 0 Å². The van der Waals surface area contributed by atoms with Crippen molar-refractivity contribution in [3.05, 3.63) is 0 Å². The molecule has 0 aromatic heterocycles. The van der Waals surface area contributed by atoms with Crippen LogP contribution in [0.15, 0.2) is 0 Å². The van der Waals surface area contributed by atoms with Crippen molar-refractivity contribution in [2.45, 2.75) is 79.2 Å². The minimum Gasteiger partial charge on any atom is -0.588 e. The highest BCUT2D eigenvalue weighted by Gasteiger charge is 2.45. The van der Waals surface area contributed by atoms with Gasteiger partial charge in [0.05, 0.1) is 0 Å². The van der Waals surface area contributed by atoms with Gasteiger partial charge in [0, 0.05) is 20.8 Å². The second-order valence-corrected chi connectivity index (χ2v) is 5.68. The highest BCUT2D eigenvalue weighted by molar-refractivity contribution is 5.77. The Balaban J connectivity index is 4.99. The van der Waals surface area contributed by atoms with E-state index < -0.39 is 0 Å². The maximum absolute atomic E-state index is 11.0. The molecule has 3 nitrogen and oxygen atoms in total. The normalized spacial score (nSPS) is 13.9. The summed E-state index contributed by atoms with van der Waals surface area (Å²) in [5, 5.41) is 11.0. The van der Waals surface area contributed by atoms with Crippen LogP contribution in [0.4, 0.5) is 0 Å². The molecule has 0 fully saturated rings. The fourth-order valence-electron chi connectivity index (χ4n) is 2.00. The van der Waals surface area contributed by atoms with Gasteiger partial charge in [-0.2, -0.15) is 0 Å². The number of rotatable bonds is 6. The van der Waals surface area contributed by atoms with Gasteiger partial charge in [0.2, 0.25) is 0 Å². The van der Waals surface area contributed by atoms with E-state index in [0.717, 1.165) is 32.1 Å². The average Bonchev–Trinajstić information content (AvgIpc) is 2.27. The van der Waals surface area contributed by atoms with E-state index in [4.69, 9.17) is 4.74 Å². The van der Waals surface area contributed by atoms with Gasteiger partial charge < -0.3 is 9.99 Å². The monoisotopic (exact) mass is 244 g/mol. The number of ether oxygens (including phenoxy) is 1. The average molecular weight is 244 g/mol. The molecule has 0 aliphatic carbocycles. The van der Waals surface area contributed by atoms with Crippen LogP contribution in [0.25, 0.3) is 0 Å². The fourth-order valence-corrected chi connectivity index (χ4v) is 2.00. The zero-order valence-corrected chi connectivity index (χ0v) is 12.3. The molecule has 0 rings (SSSR count). The largest absolute Gasteiger partial charge is 0.588 e. The zero-order chi connectivity index (χ0) is 13.5. The molecule has 0 saturated carbocycles. The number of unbranched alkanes of at least 4 members (excludes halogenated alkanes) is 1. The SMILES string of the molecule is CCCCC(CC)(CC)C(OC(C)(C)C)=[O+][O-]. The highest BCUT2D eigenvalue weighted by atomic mass is 17.1. The third kappa shape index (κ3) is 4.97. The van der Waals surface area contributed by atoms with Crippen molar-refractivity contribution in [1.29, 1.82) is 0 Å². The van der Waals surface area contributed by atoms with Gasteiger partial charge in [-0.3, -0.25) is 4.58 Å². The van der Waals surface area contributed by atoms with Crippen molar-refractivity contribution >= 4 is 5.97 Å². The molecule has 0 aliphatic heterocycles. The molecule has 0 unspecified atom stereocenters. The predicted octanol–water partition coefficient (Wildman–Crippen LogP) is 3.14. The van der Waals surface area contributed by atoms with E-state index in [9.17, 15) is 5.26 Å². The molecule has 17 heavy (non-hydrogen) atoms. The van der Waals surface area contributed by atoms with Crippen LogP contribution in [0.1, 0.15) is 73.6 Å². The van der Waals surface area contributed by atoms with Crippen molar-refractivity contribution in [2.24, 2.45) is 5.41 Å². The van der Waals surface area contributed by atoms with E-state index in [1.807, 2.05) is 20.8 Å².